The zero-order valence-electron chi connectivity index (χ0n) is 8.77. The second kappa shape index (κ2) is 3.78. The summed E-state index contributed by atoms with van der Waals surface area (Å²) in [6.45, 7) is 6.77. The van der Waals surface area contributed by atoms with Gasteiger partial charge in [-0.15, -0.1) is 0 Å². The summed E-state index contributed by atoms with van der Waals surface area (Å²) in [6.07, 6.45) is 6.66. The molecule has 0 amide bonds. The Hall–Kier alpha value is -0.0400. The van der Waals surface area contributed by atoms with Crippen molar-refractivity contribution >= 4 is 0 Å². The average molecular weight is 169 g/mol. The molecule has 1 heteroatoms. The molecule has 0 saturated heterocycles. The summed E-state index contributed by atoms with van der Waals surface area (Å²) in [4.78, 5) is 0. The third kappa shape index (κ3) is 1.66. The van der Waals surface area contributed by atoms with Crippen LogP contribution < -0.4 is 5.73 Å². The molecule has 72 valence electrons. The zero-order chi connectivity index (χ0) is 9.19. The van der Waals surface area contributed by atoms with E-state index in [2.05, 4.69) is 20.8 Å². The predicted octanol–water partition coefficient (Wildman–Crippen LogP) is 2.94. The largest absolute Gasteiger partial charge is 0.325 e. The van der Waals surface area contributed by atoms with E-state index in [1.165, 1.54) is 25.7 Å². The third-order valence-electron chi connectivity index (χ3n) is 3.80. The summed E-state index contributed by atoms with van der Waals surface area (Å²) in [6, 6.07) is 0. The van der Waals surface area contributed by atoms with Gasteiger partial charge in [0.25, 0.3) is 0 Å². The summed E-state index contributed by atoms with van der Waals surface area (Å²) in [5.41, 5.74) is 6.57. The molecule has 0 aromatic rings. The molecule has 1 nitrogen and oxygen atoms in total. The Balaban J connectivity index is 2.64. The van der Waals surface area contributed by atoms with E-state index in [-0.39, 0.29) is 5.54 Å². The van der Waals surface area contributed by atoms with Crippen LogP contribution in [-0.4, -0.2) is 5.54 Å². The molecule has 1 saturated carbocycles. The van der Waals surface area contributed by atoms with Crippen LogP contribution in [0, 0.1) is 11.8 Å². The first-order valence-electron chi connectivity index (χ1n) is 5.40. The van der Waals surface area contributed by atoms with Crippen molar-refractivity contribution in [1.29, 1.82) is 0 Å². The van der Waals surface area contributed by atoms with E-state index < -0.39 is 0 Å². The fourth-order valence-corrected chi connectivity index (χ4v) is 2.63. The van der Waals surface area contributed by atoms with Gasteiger partial charge in [0.2, 0.25) is 0 Å². The number of hydrogen-bond donors (Lipinski definition) is 1. The number of rotatable bonds is 3. The second-order valence-electron chi connectivity index (χ2n) is 4.60. The highest BCUT2D eigenvalue weighted by Crippen LogP contribution is 2.38. The lowest BCUT2D eigenvalue weighted by atomic mass is 9.73. The van der Waals surface area contributed by atoms with Gasteiger partial charge in [0, 0.05) is 5.54 Å². The van der Waals surface area contributed by atoms with Crippen LogP contribution in [-0.2, 0) is 0 Å². The molecule has 0 aliphatic heterocycles. The monoisotopic (exact) mass is 169 g/mol. The van der Waals surface area contributed by atoms with Crippen LogP contribution in [0.2, 0.25) is 0 Å². The van der Waals surface area contributed by atoms with Gasteiger partial charge in [-0.3, -0.25) is 0 Å². The molecule has 0 radical (unpaired) electrons. The zero-order valence-corrected chi connectivity index (χ0v) is 8.77. The van der Waals surface area contributed by atoms with E-state index in [4.69, 9.17) is 5.73 Å². The van der Waals surface area contributed by atoms with Crippen molar-refractivity contribution in [3.8, 4) is 0 Å². The quantitative estimate of drug-likeness (QED) is 0.690. The topological polar surface area (TPSA) is 26.0 Å². The number of hydrogen-bond acceptors (Lipinski definition) is 1. The lowest BCUT2D eigenvalue weighted by molar-refractivity contribution is 0.191. The van der Waals surface area contributed by atoms with E-state index in [9.17, 15) is 0 Å². The highest BCUT2D eigenvalue weighted by Gasteiger charge is 2.37. The van der Waals surface area contributed by atoms with Crippen molar-refractivity contribution in [2.45, 2.75) is 58.4 Å². The Kier molecular flexibility index (Phi) is 3.16. The molecule has 12 heavy (non-hydrogen) atoms. The van der Waals surface area contributed by atoms with Crippen molar-refractivity contribution in [1.82, 2.24) is 0 Å². The van der Waals surface area contributed by atoms with Crippen molar-refractivity contribution in [2.24, 2.45) is 17.6 Å². The first-order chi connectivity index (χ1) is 5.61. The molecule has 1 aliphatic rings. The van der Waals surface area contributed by atoms with Gasteiger partial charge in [-0.25, -0.2) is 0 Å². The van der Waals surface area contributed by atoms with Crippen LogP contribution in [0.1, 0.15) is 52.9 Å². The Bertz CT molecular complexity index is 136. The van der Waals surface area contributed by atoms with Gasteiger partial charge in [-0.2, -0.15) is 0 Å². The summed E-state index contributed by atoms with van der Waals surface area (Å²) < 4.78 is 0. The minimum Gasteiger partial charge on any atom is -0.325 e. The van der Waals surface area contributed by atoms with Gasteiger partial charge in [-0.1, -0.05) is 33.6 Å². The Morgan fingerprint density at radius 2 is 1.83 bits per heavy atom. The van der Waals surface area contributed by atoms with Crippen molar-refractivity contribution in [3.63, 3.8) is 0 Å². The average Bonchev–Trinajstić information content (AvgIpc) is 2.54. The van der Waals surface area contributed by atoms with Gasteiger partial charge in [0.1, 0.15) is 0 Å². The maximum atomic E-state index is 6.45. The summed E-state index contributed by atoms with van der Waals surface area (Å²) in [5.74, 6) is 1.42. The lowest BCUT2D eigenvalue weighted by Gasteiger charge is -2.38. The van der Waals surface area contributed by atoms with Gasteiger partial charge in [-0.05, 0) is 31.1 Å². The SMILES string of the molecule is CCC(N)(C(C)C)C1CCCC1. The first kappa shape index (κ1) is 10.0. The van der Waals surface area contributed by atoms with Crippen LogP contribution in [0.3, 0.4) is 0 Å². The van der Waals surface area contributed by atoms with E-state index >= 15 is 0 Å². The van der Waals surface area contributed by atoms with Gasteiger partial charge in [0.05, 0.1) is 0 Å². The third-order valence-corrected chi connectivity index (χ3v) is 3.80. The maximum Gasteiger partial charge on any atom is 0.0203 e. The van der Waals surface area contributed by atoms with Crippen LogP contribution in [0.4, 0.5) is 0 Å². The fourth-order valence-electron chi connectivity index (χ4n) is 2.63. The summed E-state index contributed by atoms with van der Waals surface area (Å²) in [5, 5.41) is 0. The molecule has 0 bridgehead atoms. The van der Waals surface area contributed by atoms with Crippen molar-refractivity contribution in [2.75, 3.05) is 0 Å². The Morgan fingerprint density at radius 1 is 1.33 bits per heavy atom. The summed E-state index contributed by atoms with van der Waals surface area (Å²) >= 11 is 0. The molecule has 2 N–H and O–H groups in total. The number of nitrogens with two attached hydrogens (primary N) is 1. The van der Waals surface area contributed by atoms with Crippen molar-refractivity contribution < 1.29 is 0 Å². The molecule has 1 atom stereocenters. The van der Waals surface area contributed by atoms with E-state index in [0.29, 0.717) is 5.92 Å². The summed E-state index contributed by atoms with van der Waals surface area (Å²) in [7, 11) is 0. The molecule has 1 rings (SSSR count). The Labute approximate surface area is 76.7 Å². The second-order valence-corrected chi connectivity index (χ2v) is 4.60. The maximum absolute atomic E-state index is 6.45. The molecule has 0 aromatic carbocycles. The smallest absolute Gasteiger partial charge is 0.0203 e. The molecule has 1 aliphatic carbocycles. The van der Waals surface area contributed by atoms with Crippen molar-refractivity contribution in [3.05, 3.63) is 0 Å². The molecule has 0 aromatic heterocycles. The molecular formula is C11H23N. The van der Waals surface area contributed by atoms with Crippen LogP contribution in [0.15, 0.2) is 0 Å². The fraction of sp³-hybridized carbons (Fsp3) is 1.00. The molecule has 0 heterocycles. The normalized spacial score (nSPS) is 24.8. The van der Waals surface area contributed by atoms with Crippen LogP contribution in [0.25, 0.3) is 0 Å². The van der Waals surface area contributed by atoms with Crippen LogP contribution in [0.5, 0.6) is 0 Å². The highest BCUT2D eigenvalue weighted by atomic mass is 14.8. The van der Waals surface area contributed by atoms with E-state index in [0.717, 1.165) is 12.3 Å². The molecule has 1 unspecified atom stereocenters. The van der Waals surface area contributed by atoms with Gasteiger partial charge in [0.15, 0.2) is 0 Å². The predicted molar refractivity (Wildman–Crippen MR) is 54.0 cm³/mol. The first-order valence-corrected chi connectivity index (χ1v) is 5.40. The molecular weight excluding hydrogens is 146 g/mol. The highest BCUT2D eigenvalue weighted by molar-refractivity contribution is 4.94. The van der Waals surface area contributed by atoms with Gasteiger partial charge >= 0.3 is 0 Å². The van der Waals surface area contributed by atoms with E-state index in [1.807, 2.05) is 0 Å². The molecule has 1 fully saturated rings. The molecule has 0 spiro atoms. The van der Waals surface area contributed by atoms with Gasteiger partial charge < -0.3 is 5.73 Å². The van der Waals surface area contributed by atoms with Crippen LogP contribution >= 0.6 is 0 Å². The standard InChI is InChI=1S/C11H23N/c1-4-11(12,9(2)3)10-7-5-6-8-10/h9-10H,4-8,12H2,1-3H3. The van der Waals surface area contributed by atoms with E-state index in [1.54, 1.807) is 0 Å². The Morgan fingerprint density at radius 3 is 2.17 bits per heavy atom. The lowest BCUT2D eigenvalue weighted by Crippen LogP contribution is -2.50. The minimum atomic E-state index is 0.122. The minimum absolute atomic E-state index is 0.122.